The molecule has 0 spiro atoms. The first-order valence-electron chi connectivity index (χ1n) is 8.08. The molecule has 2 aromatic heterocycles. The molecule has 0 amide bonds. The van der Waals surface area contributed by atoms with Gasteiger partial charge in [-0.2, -0.15) is 5.26 Å². The van der Waals surface area contributed by atoms with Crippen LogP contribution in [0.15, 0.2) is 34.4 Å². The zero-order valence-corrected chi connectivity index (χ0v) is 16.2. The van der Waals surface area contributed by atoms with Crippen LogP contribution in [0.3, 0.4) is 0 Å². The SMILES string of the molecule is Cc1nc(CSCC(=O)OCc2nc3ccccc3c(=O)n2CC#N)cs1. The Kier molecular flexibility index (Phi) is 6.21. The van der Waals surface area contributed by atoms with Crippen molar-refractivity contribution in [1.82, 2.24) is 14.5 Å². The van der Waals surface area contributed by atoms with E-state index >= 15 is 0 Å². The number of thioether (sulfide) groups is 1. The predicted octanol–water partition coefficient (Wildman–Crippen LogP) is 2.66. The number of thiazole rings is 1. The van der Waals surface area contributed by atoms with Crippen LogP contribution in [0.2, 0.25) is 0 Å². The quantitative estimate of drug-likeness (QED) is 0.562. The Labute approximate surface area is 163 Å². The number of hydrogen-bond acceptors (Lipinski definition) is 8. The van der Waals surface area contributed by atoms with E-state index in [0.717, 1.165) is 10.7 Å². The fraction of sp³-hybridized carbons (Fsp3) is 0.278. The smallest absolute Gasteiger partial charge is 0.316 e. The van der Waals surface area contributed by atoms with Gasteiger partial charge in [-0.1, -0.05) is 12.1 Å². The van der Waals surface area contributed by atoms with Gasteiger partial charge in [0.15, 0.2) is 5.82 Å². The standard InChI is InChI=1S/C18H16N4O3S2/c1-12-20-13(10-27-12)9-26-11-17(23)25-8-16-21-15-5-3-2-4-14(15)18(24)22(16)7-6-19/h2-5,10H,7-9,11H2,1H3. The minimum atomic E-state index is -0.405. The zero-order valence-electron chi connectivity index (χ0n) is 14.5. The summed E-state index contributed by atoms with van der Waals surface area (Å²) < 4.78 is 6.49. The average molecular weight is 400 g/mol. The fourth-order valence-electron chi connectivity index (χ4n) is 2.46. The van der Waals surface area contributed by atoms with Crippen molar-refractivity contribution in [3.8, 4) is 6.07 Å². The summed E-state index contributed by atoms with van der Waals surface area (Å²) in [6.07, 6.45) is 0. The first kappa shape index (κ1) is 19.1. The van der Waals surface area contributed by atoms with E-state index in [2.05, 4.69) is 9.97 Å². The Balaban J connectivity index is 1.65. The van der Waals surface area contributed by atoms with E-state index in [1.165, 1.54) is 16.3 Å². The van der Waals surface area contributed by atoms with Gasteiger partial charge in [0.25, 0.3) is 5.56 Å². The Bertz CT molecular complexity index is 1070. The van der Waals surface area contributed by atoms with Crippen molar-refractivity contribution in [2.24, 2.45) is 0 Å². The number of aromatic nitrogens is 3. The minimum absolute atomic E-state index is 0.151. The highest BCUT2D eigenvalue weighted by atomic mass is 32.2. The van der Waals surface area contributed by atoms with Crippen LogP contribution in [0.1, 0.15) is 16.5 Å². The van der Waals surface area contributed by atoms with Crippen LogP contribution in [-0.2, 0) is 28.4 Å². The summed E-state index contributed by atoms with van der Waals surface area (Å²) in [5.74, 6) is 0.658. The number of ether oxygens (including phenoxy) is 1. The fourth-order valence-corrected chi connectivity index (χ4v) is 3.89. The van der Waals surface area contributed by atoms with E-state index in [9.17, 15) is 9.59 Å². The van der Waals surface area contributed by atoms with Crippen molar-refractivity contribution in [3.63, 3.8) is 0 Å². The number of aryl methyl sites for hydroxylation is 1. The monoisotopic (exact) mass is 400 g/mol. The Morgan fingerprint density at radius 3 is 2.93 bits per heavy atom. The molecule has 0 bridgehead atoms. The van der Waals surface area contributed by atoms with Crippen LogP contribution < -0.4 is 5.56 Å². The Morgan fingerprint density at radius 1 is 1.37 bits per heavy atom. The lowest BCUT2D eigenvalue weighted by molar-refractivity contribution is -0.142. The second-order valence-electron chi connectivity index (χ2n) is 5.61. The molecule has 0 unspecified atom stereocenters. The van der Waals surface area contributed by atoms with Gasteiger partial charge in [-0.3, -0.25) is 14.2 Å². The third-order valence-corrected chi connectivity index (χ3v) is 5.43. The van der Waals surface area contributed by atoms with Gasteiger partial charge in [-0.05, 0) is 19.1 Å². The van der Waals surface area contributed by atoms with Crippen LogP contribution in [0.4, 0.5) is 0 Å². The van der Waals surface area contributed by atoms with Gasteiger partial charge in [0.05, 0.1) is 33.4 Å². The summed E-state index contributed by atoms with van der Waals surface area (Å²) >= 11 is 2.98. The molecule has 0 N–H and O–H groups in total. The number of para-hydroxylation sites is 1. The molecule has 0 fully saturated rings. The van der Waals surface area contributed by atoms with Crippen molar-refractivity contribution >= 4 is 40.0 Å². The molecule has 0 aliphatic rings. The molecule has 27 heavy (non-hydrogen) atoms. The average Bonchev–Trinajstić information content (AvgIpc) is 3.08. The van der Waals surface area contributed by atoms with Gasteiger partial charge < -0.3 is 4.74 Å². The van der Waals surface area contributed by atoms with Crippen LogP contribution >= 0.6 is 23.1 Å². The minimum Gasteiger partial charge on any atom is -0.457 e. The second kappa shape index (κ2) is 8.79. The normalized spacial score (nSPS) is 10.7. The maximum Gasteiger partial charge on any atom is 0.316 e. The van der Waals surface area contributed by atoms with Crippen molar-refractivity contribution < 1.29 is 9.53 Å². The van der Waals surface area contributed by atoms with E-state index in [4.69, 9.17) is 10.00 Å². The molecule has 7 nitrogen and oxygen atoms in total. The molecular formula is C18H16N4O3S2. The number of carbonyl (C=O) groups is 1. The molecule has 0 aliphatic carbocycles. The molecule has 138 valence electrons. The maximum atomic E-state index is 12.5. The van der Waals surface area contributed by atoms with Crippen molar-refractivity contribution in [2.45, 2.75) is 25.8 Å². The number of benzene rings is 1. The first-order valence-corrected chi connectivity index (χ1v) is 10.1. The van der Waals surface area contributed by atoms with Crippen LogP contribution in [-0.4, -0.2) is 26.3 Å². The summed E-state index contributed by atoms with van der Waals surface area (Å²) in [5, 5.41) is 12.4. The highest BCUT2D eigenvalue weighted by Gasteiger charge is 2.13. The third kappa shape index (κ3) is 4.72. The van der Waals surface area contributed by atoms with Gasteiger partial charge in [0.1, 0.15) is 13.2 Å². The van der Waals surface area contributed by atoms with Gasteiger partial charge in [-0.15, -0.1) is 23.1 Å². The highest BCUT2D eigenvalue weighted by molar-refractivity contribution is 7.99. The summed E-state index contributed by atoms with van der Waals surface area (Å²) in [4.78, 5) is 33.2. The number of nitrogens with zero attached hydrogens (tertiary/aromatic N) is 4. The number of carbonyl (C=O) groups excluding carboxylic acids is 1. The lowest BCUT2D eigenvalue weighted by atomic mass is 10.2. The predicted molar refractivity (Wildman–Crippen MR) is 104 cm³/mol. The molecule has 0 radical (unpaired) electrons. The summed E-state index contributed by atoms with van der Waals surface area (Å²) in [5.41, 5.74) is 1.13. The number of esters is 1. The van der Waals surface area contributed by atoms with E-state index < -0.39 is 5.97 Å². The maximum absolute atomic E-state index is 12.5. The van der Waals surface area contributed by atoms with Crippen molar-refractivity contribution in [2.75, 3.05) is 5.75 Å². The number of rotatable bonds is 7. The molecular weight excluding hydrogens is 384 g/mol. The van der Waals surface area contributed by atoms with Crippen LogP contribution in [0.5, 0.6) is 0 Å². The molecule has 3 aromatic rings. The van der Waals surface area contributed by atoms with Crippen LogP contribution in [0.25, 0.3) is 10.9 Å². The molecule has 0 aliphatic heterocycles. The molecule has 0 saturated heterocycles. The molecule has 3 rings (SSSR count). The van der Waals surface area contributed by atoms with Crippen molar-refractivity contribution in [1.29, 1.82) is 5.26 Å². The number of nitriles is 1. The molecule has 2 heterocycles. The summed E-state index contributed by atoms with van der Waals surface area (Å²) in [7, 11) is 0. The third-order valence-electron chi connectivity index (χ3n) is 3.67. The summed E-state index contributed by atoms with van der Waals surface area (Å²) in [6, 6.07) is 8.83. The molecule has 9 heteroatoms. The Hall–Kier alpha value is -2.70. The van der Waals surface area contributed by atoms with Gasteiger partial charge in [0.2, 0.25) is 0 Å². The molecule has 0 atom stereocenters. The summed E-state index contributed by atoms with van der Waals surface area (Å²) in [6.45, 7) is 1.63. The lowest BCUT2D eigenvalue weighted by Crippen LogP contribution is -2.26. The van der Waals surface area contributed by atoms with E-state index in [1.54, 1.807) is 35.6 Å². The van der Waals surface area contributed by atoms with E-state index in [-0.39, 0.29) is 30.3 Å². The van der Waals surface area contributed by atoms with E-state index in [1.807, 2.05) is 18.4 Å². The van der Waals surface area contributed by atoms with Crippen LogP contribution in [0, 0.1) is 18.3 Å². The lowest BCUT2D eigenvalue weighted by Gasteiger charge is -2.11. The van der Waals surface area contributed by atoms with Gasteiger partial charge in [-0.25, -0.2) is 9.97 Å². The largest absolute Gasteiger partial charge is 0.457 e. The van der Waals surface area contributed by atoms with E-state index in [0.29, 0.717) is 16.7 Å². The number of hydrogen-bond donors (Lipinski definition) is 0. The first-order chi connectivity index (χ1) is 13.1. The number of fused-ring (bicyclic) bond motifs is 1. The van der Waals surface area contributed by atoms with Gasteiger partial charge >= 0.3 is 5.97 Å². The second-order valence-corrected chi connectivity index (χ2v) is 7.65. The molecule has 1 aromatic carbocycles. The zero-order chi connectivity index (χ0) is 19.2. The van der Waals surface area contributed by atoms with Gasteiger partial charge in [0, 0.05) is 11.1 Å². The molecule has 0 saturated carbocycles. The topological polar surface area (TPSA) is 97.9 Å². The van der Waals surface area contributed by atoms with Crippen molar-refractivity contribution in [3.05, 3.63) is 56.5 Å². The highest BCUT2D eigenvalue weighted by Crippen LogP contribution is 2.15. The Morgan fingerprint density at radius 2 is 2.19 bits per heavy atom.